The van der Waals surface area contributed by atoms with Gasteiger partial charge in [0.25, 0.3) is 10.0 Å². The molecule has 0 fully saturated rings. The Kier molecular flexibility index (Phi) is 5.30. The van der Waals surface area contributed by atoms with E-state index in [4.69, 9.17) is 4.74 Å². The largest absolute Gasteiger partial charge is 0.463 e. The van der Waals surface area contributed by atoms with Crippen molar-refractivity contribution < 1.29 is 13.2 Å². The van der Waals surface area contributed by atoms with Crippen molar-refractivity contribution in [3.63, 3.8) is 0 Å². The first-order valence-corrected chi connectivity index (χ1v) is 10.6. The van der Waals surface area contributed by atoms with Gasteiger partial charge in [0, 0.05) is 5.56 Å². The molecule has 0 aliphatic rings. The van der Waals surface area contributed by atoms with Gasteiger partial charge in [-0.2, -0.15) is 13.4 Å². The molecule has 1 heterocycles. The van der Waals surface area contributed by atoms with E-state index in [1.807, 2.05) is 43.3 Å². The molecular weight excluding hydrogens is 374 g/mol. The maximum absolute atomic E-state index is 13.3. The van der Waals surface area contributed by atoms with Gasteiger partial charge in [-0.05, 0) is 37.0 Å². The van der Waals surface area contributed by atoms with Crippen molar-refractivity contribution in [2.24, 2.45) is 0 Å². The molecule has 0 bridgehead atoms. The molecule has 0 saturated carbocycles. The number of aromatic nitrogens is 3. The van der Waals surface area contributed by atoms with E-state index < -0.39 is 10.0 Å². The Bertz CT molecular complexity index is 1060. The smallest absolute Gasteiger partial charge is 0.337 e. The van der Waals surface area contributed by atoms with E-state index in [0.29, 0.717) is 12.2 Å². The van der Waals surface area contributed by atoms with Crippen LogP contribution in [0.25, 0.3) is 11.4 Å². The fourth-order valence-electron chi connectivity index (χ4n) is 2.74. The molecule has 3 aromatic rings. The maximum Gasteiger partial charge on any atom is 0.337 e. The Hall–Kier alpha value is -2.67. The lowest BCUT2D eigenvalue weighted by Gasteiger charge is -2.19. The Morgan fingerprint density at radius 2 is 1.61 bits per heavy atom. The van der Waals surface area contributed by atoms with Crippen LogP contribution in [-0.2, 0) is 15.4 Å². The van der Waals surface area contributed by atoms with Gasteiger partial charge in [-0.3, -0.25) is 0 Å². The van der Waals surface area contributed by atoms with Gasteiger partial charge in [-0.1, -0.05) is 67.8 Å². The Morgan fingerprint density at radius 1 is 1.00 bits per heavy atom. The first kappa shape index (κ1) is 20.1. The third-order valence-electron chi connectivity index (χ3n) is 4.39. The zero-order valence-electron chi connectivity index (χ0n) is 16.8. The minimum absolute atomic E-state index is 0.0351. The highest BCUT2D eigenvalue weighted by atomic mass is 32.2. The molecule has 0 radical (unpaired) electrons. The molecule has 0 aliphatic heterocycles. The Balaban J connectivity index is 2.11. The first-order valence-electron chi connectivity index (χ1n) is 9.16. The molecule has 7 heteroatoms. The van der Waals surface area contributed by atoms with Crippen LogP contribution in [0, 0.1) is 6.92 Å². The lowest BCUT2D eigenvalue weighted by Crippen LogP contribution is -2.17. The van der Waals surface area contributed by atoms with Gasteiger partial charge in [-0.25, -0.2) is 0 Å². The second-order valence-corrected chi connectivity index (χ2v) is 9.41. The predicted octanol–water partition coefficient (Wildman–Crippen LogP) is 4.19. The first-order chi connectivity index (χ1) is 13.1. The van der Waals surface area contributed by atoms with Crippen LogP contribution in [0.15, 0.2) is 53.4 Å². The minimum Gasteiger partial charge on any atom is -0.463 e. The summed E-state index contributed by atoms with van der Waals surface area (Å²) in [6, 6.07) is 14.4. The second-order valence-electron chi connectivity index (χ2n) is 7.64. The number of rotatable bonds is 5. The SMILES string of the molecule is CCOc1nc(-c2ccc(C)cc2)n(S(=O)(=O)c2ccc(C(C)(C)C)cc2)n1. The van der Waals surface area contributed by atoms with E-state index in [-0.39, 0.29) is 22.1 Å². The molecule has 0 saturated heterocycles. The highest BCUT2D eigenvalue weighted by Crippen LogP contribution is 2.27. The summed E-state index contributed by atoms with van der Waals surface area (Å²) in [7, 11) is -3.92. The third kappa shape index (κ3) is 3.94. The van der Waals surface area contributed by atoms with E-state index in [1.54, 1.807) is 19.1 Å². The van der Waals surface area contributed by atoms with Crippen molar-refractivity contribution >= 4 is 10.0 Å². The van der Waals surface area contributed by atoms with Crippen molar-refractivity contribution in [2.45, 2.75) is 44.9 Å². The van der Waals surface area contributed by atoms with E-state index in [2.05, 4.69) is 30.9 Å². The van der Waals surface area contributed by atoms with Crippen LogP contribution in [-0.4, -0.2) is 29.2 Å². The molecule has 6 nitrogen and oxygen atoms in total. The summed E-state index contributed by atoms with van der Waals surface area (Å²) < 4.78 is 32.9. The summed E-state index contributed by atoms with van der Waals surface area (Å²) >= 11 is 0. The van der Waals surface area contributed by atoms with E-state index in [0.717, 1.165) is 15.2 Å². The molecule has 28 heavy (non-hydrogen) atoms. The zero-order chi connectivity index (χ0) is 20.5. The van der Waals surface area contributed by atoms with Gasteiger partial charge < -0.3 is 4.74 Å². The third-order valence-corrected chi connectivity index (χ3v) is 5.97. The second kappa shape index (κ2) is 7.39. The molecule has 0 N–H and O–H groups in total. The number of benzene rings is 2. The number of hydrogen-bond donors (Lipinski definition) is 0. The number of hydrogen-bond acceptors (Lipinski definition) is 5. The number of nitrogens with zero attached hydrogens (tertiary/aromatic N) is 3. The topological polar surface area (TPSA) is 74.1 Å². The summed E-state index contributed by atoms with van der Waals surface area (Å²) in [5.41, 5.74) is 2.71. The predicted molar refractivity (Wildman–Crippen MR) is 109 cm³/mol. The van der Waals surface area contributed by atoms with Crippen molar-refractivity contribution in [2.75, 3.05) is 6.61 Å². The molecule has 0 unspecified atom stereocenters. The van der Waals surface area contributed by atoms with Crippen molar-refractivity contribution in [1.82, 2.24) is 14.2 Å². The molecule has 3 rings (SSSR count). The molecule has 1 aromatic heterocycles. The van der Waals surface area contributed by atoms with Gasteiger partial charge in [0.05, 0.1) is 11.5 Å². The molecule has 0 amide bonds. The molecule has 0 spiro atoms. The maximum atomic E-state index is 13.3. The van der Waals surface area contributed by atoms with Crippen LogP contribution < -0.4 is 4.74 Å². The van der Waals surface area contributed by atoms with Gasteiger partial charge in [0.1, 0.15) is 0 Å². The van der Waals surface area contributed by atoms with Crippen molar-refractivity contribution in [3.8, 4) is 17.4 Å². The van der Waals surface area contributed by atoms with Gasteiger partial charge >= 0.3 is 6.01 Å². The Morgan fingerprint density at radius 3 is 2.14 bits per heavy atom. The van der Waals surface area contributed by atoms with Gasteiger partial charge in [-0.15, -0.1) is 4.09 Å². The lowest BCUT2D eigenvalue weighted by atomic mass is 9.87. The average molecular weight is 400 g/mol. The quantitative estimate of drug-likeness (QED) is 0.643. The molecule has 2 aromatic carbocycles. The van der Waals surface area contributed by atoms with Crippen molar-refractivity contribution in [3.05, 3.63) is 59.7 Å². The van der Waals surface area contributed by atoms with Crippen LogP contribution in [0.4, 0.5) is 0 Å². The number of ether oxygens (including phenoxy) is 1. The molecule has 0 atom stereocenters. The molecular formula is C21H25N3O3S. The van der Waals surface area contributed by atoms with Crippen LogP contribution in [0.1, 0.15) is 38.8 Å². The summed E-state index contributed by atoms with van der Waals surface area (Å²) in [5.74, 6) is 0.225. The minimum atomic E-state index is -3.92. The van der Waals surface area contributed by atoms with Gasteiger partial charge in [0.15, 0.2) is 5.82 Å². The lowest BCUT2D eigenvalue weighted by molar-refractivity contribution is 0.313. The van der Waals surface area contributed by atoms with Crippen LogP contribution in [0.3, 0.4) is 0 Å². The molecule has 0 aliphatic carbocycles. The summed E-state index contributed by atoms with van der Waals surface area (Å²) in [4.78, 5) is 4.45. The van der Waals surface area contributed by atoms with E-state index in [9.17, 15) is 8.42 Å². The highest BCUT2D eigenvalue weighted by molar-refractivity contribution is 7.90. The summed E-state index contributed by atoms with van der Waals surface area (Å²) in [6.45, 7) is 10.4. The fourth-order valence-corrected chi connectivity index (χ4v) is 3.97. The highest BCUT2D eigenvalue weighted by Gasteiger charge is 2.26. The van der Waals surface area contributed by atoms with E-state index >= 15 is 0 Å². The zero-order valence-corrected chi connectivity index (χ0v) is 17.6. The standard InChI is InChI=1S/C21H25N3O3S/c1-6-27-20-22-19(16-9-7-15(2)8-10-16)24(23-20)28(25,26)18-13-11-17(12-14-18)21(3,4)5/h7-14H,6H2,1-5H3. The van der Waals surface area contributed by atoms with Crippen molar-refractivity contribution in [1.29, 1.82) is 0 Å². The number of aryl methyl sites for hydroxylation is 1. The van der Waals surface area contributed by atoms with Crippen LogP contribution in [0.2, 0.25) is 0 Å². The normalized spacial score (nSPS) is 12.2. The summed E-state index contributed by atoms with van der Waals surface area (Å²) in [6.07, 6.45) is 0. The Labute approximate surface area is 166 Å². The monoisotopic (exact) mass is 399 g/mol. The average Bonchev–Trinajstić information content (AvgIpc) is 3.07. The van der Waals surface area contributed by atoms with Crippen LogP contribution >= 0.6 is 0 Å². The summed E-state index contributed by atoms with van der Waals surface area (Å²) in [5, 5.41) is 4.11. The van der Waals surface area contributed by atoms with Gasteiger partial charge in [0.2, 0.25) is 0 Å². The van der Waals surface area contributed by atoms with E-state index in [1.165, 1.54) is 0 Å². The van der Waals surface area contributed by atoms with Crippen LogP contribution in [0.5, 0.6) is 6.01 Å². The fraction of sp³-hybridized carbons (Fsp3) is 0.333. The molecule has 148 valence electrons.